The number of Topliss-reactive ketones (excluding diaryl/α,β-unsaturated/α-hetero) is 1. The molecule has 0 amide bonds. The molecule has 1 nitrogen and oxygen atoms in total. The SMILES string of the molecule is CC1(Sc2ccccc2)CCC1=O. The molecule has 0 bridgehead atoms. The molecule has 0 radical (unpaired) electrons. The van der Waals surface area contributed by atoms with Crippen LogP contribution in [0.1, 0.15) is 19.8 Å². The van der Waals surface area contributed by atoms with E-state index in [1.807, 2.05) is 25.1 Å². The first-order valence-corrected chi connectivity index (χ1v) is 5.30. The minimum atomic E-state index is -0.138. The molecule has 1 aromatic carbocycles. The molecule has 13 heavy (non-hydrogen) atoms. The van der Waals surface area contributed by atoms with Crippen LogP contribution in [-0.2, 0) is 4.79 Å². The van der Waals surface area contributed by atoms with Crippen LogP contribution in [0.2, 0.25) is 0 Å². The van der Waals surface area contributed by atoms with Crippen molar-refractivity contribution in [3.63, 3.8) is 0 Å². The van der Waals surface area contributed by atoms with Crippen LogP contribution in [0, 0.1) is 0 Å². The third-order valence-electron chi connectivity index (χ3n) is 2.51. The van der Waals surface area contributed by atoms with E-state index in [9.17, 15) is 4.79 Å². The van der Waals surface area contributed by atoms with E-state index in [4.69, 9.17) is 0 Å². The zero-order chi connectivity index (χ0) is 9.31. The molecule has 0 N–H and O–H groups in total. The Morgan fingerprint density at radius 1 is 1.31 bits per heavy atom. The van der Waals surface area contributed by atoms with Gasteiger partial charge in [-0.1, -0.05) is 18.2 Å². The molecule has 0 aliphatic heterocycles. The summed E-state index contributed by atoms with van der Waals surface area (Å²) in [5, 5.41) is 0. The molecule has 68 valence electrons. The number of carbonyl (C=O) groups excluding carboxylic acids is 1. The van der Waals surface area contributed by atoms with Gasteiger partial charge in [0, 0.05) is 11.3 Å². The molecule has 0 aromatic heterocycles. The van der Waals surface area contributed by atoms with Crippen molar-refractivity contribution in [1.82, 2.24) is 0 Å². The van der Waals surface area contributed by atoms with Gasteiger partial charge in [-0.3, -0.25) is 4.79 Å². The van der Waals surface area contributed by atoms with E-state index in [-0.39, 0.29) is 4.75 Å². The number of carbonyl (C=O) groups is 1. The van der Waals surface area contributed by atoms with E-state index in [0.29, 0.717) is 5.78 Å². The van der Waals surface area contributed by atoms with Gasteiger partial charge in [0.15, 0.2) is 0 Å². The minimum Gasteiger partial charge on any atom is -0.298 e. The predicted octanol–water partition coefficient (Wildman–Crippen LogP) is 2.90. The Labute approximate surface area is 82.5 Å². The third-order valence-corrected chi connectivity index (χ3v) is 3.90. The maximum atomic E-state index is 11.3. The molecule has 0 spiro atoms. The molecular weight excluding hydrogens is 180 g/mol. The fraction of sp³-hybridized carbons (Fsp3) is 0.364. The van der Waals surface area contributed by atoms with E-state index in [1.165, 1.54) is 4.90 Å². The zero-order valence-electron chi connectivity index (χ0n) is 7.62. The third kappa shape index (κ3) is 1.63. The molecule has 0 heterocycles. The van der Waals surface area contributed by atoms with Crippen LogP contribution in [0.15, 0.2) is 35.2 Å². The quantitative estimate of drug-likeness (QED) is 0.716. The van der Waals surface area contributed by atoms with Crippen LogP contribution in [0.25, 0.3) is 0 Å². The molecular formula is C11H12OS. The van der Waals surface area contributed by atoms with Gasteiger partial charge in [0.05, 0.1) is 4.75 Å². The minimum absolute atomic E-state index is 0.138. The van der Waals surface area contributed by atoms with Gasteiger partial charge in [-0.15, -0.1) is 11.8 Å². The lowest BCUT2D eigenvalue weighted by Crippen LogP contribution is -2.41. The molecule has 1 unspecified atom stereocenters. The number of hydrogen-bond donors (Lipinski definition) is 0. The lowest BCUT2D eigenvalue weighted by Gasteiger charge is -2.35. The number of hydrogen-bond acceptors (Lipinski definition) is 2. The fourth-order valence-electron chi connectivity index (χ4n) is 1.44. The normalized spacial score (nSPS) is 27.0. The lowest BCUT2D eigenvalue weighted by atomic mass is 9.84. The second kappa shape index (κ2) is 3.18. The Bertz CT molecular complexity index is 320. The van der Waals surface area contributed by atoms with Gasteiger partial charge < -0.3 is 0 Å². The summed E-state index contributed by atoms with van der Waals surface area (Å²) in [6.45, 7) is 2.04. The Hall–Kier alpha value is -0.760. The summed E-state index contributed by atoms with van der Waals surface area (Å²) in [4.78, 5) is 12.5. The highest BCUT2D eigenvalue weighted by Gasteiger charge is 2.42. The topological polar surface area (TPSA) is 17.1 Å². The summed E-state index contributed by atoms with van der Waals surface area (Å²) in [5.41, 5.74) is 0. The van der Waals surface area contributed by atoms with Gasteiger partial charge in [-0.25, -0.2) is 0 Å². The van der Waals surface area contributed by atoms with Crippen LogP contribution < -0.4 is 0 Å². The molecule has 2 rings (SSSR count). The van der Waals surface area contributed by atoms with E-state index in [2.05, 4.69) is 12.1 Å². The van der Waals surface area contributed by atoms with Gasteiger partial charge in [0.1, 0.15) is 5.78 Å². The molecule has 1 atom stereocenters. The Balaban J connectivity index is 2.11. The largest absolute Gasteiger partial charge is 0.298 e. The number of thioether (sulfide) groups is 1. The molecule has 1 aliphatic carbocycles. The van der Waals surface area contributed by atoms with Crippen molar-refractivity contribution in [1.29, 1.82) is 0 Å². The Morgan fingerprint density at radius 2 is 2.00 bits per heavy atom. The standard InChI is InChI=1S/C11H12OS/c1-11(8-7-10(11)12)13-9-5-3-2-4-6-9/h2-6H,7-8H2,1H3. The van der Waals surface area contributed by atoms with Crippen LogP contribution in [0.5, 0.6) is 0 Å². The molecule has 1 saturated carbocycles. The second-order valence-corrected chi connectivity index (χ2v) is 5.15. The number of benzene rings is 1. The van der Waals surface area contributed by atoms with Crippen LogP contribution in [0.3, 0.4) is 0 Å². The number of rotatable bonds is 2. The highest BCUT2D eigenvalue weighted by Crippen LogP contribution is 2.44. The van der Waals surface area contributed by atoms with Crippen molar-refractivity contribution in [3.8, 4) is 0 Å². The predicted molar refractivity (Wildman–Crippen MR) is 54.9 cm³/mol. The average Bonchev–Trinajstić information content (AvgIpc) is 2.17. The van der Waals surface area contributed by atoms with Gasteiger partial charge in [-0.2, -0.15) is 0 Å². The number of ketones is 1. The van der Waals surface area contributed by atoms with Crippen LogP contribution in [0.4, 0.5) is 0 Å². The van der Waals surface area contributed by atoms with Gasteiger partial charge >= 0.3 is 0 Å². The smallest absolute Gasteiger partial charge is 0.149 e. The summed E-state index contributed by atoms with van der Waals surface area (Å²) in [7, 11) is 0. The molecule has 1 aliphatic rings. The summed E-state index contributed by atoms with van der Waals surface area (Å²) in [6.07, 6.45) is 1.78. The van der Waals surface area contributed by atoms with Gasteiger partial charge in [0.25, 0.3) is 0 Å². The molecule has 1 fully saturated rings. The summed E-state index contributed by atoms with van der Waals surface area (Å²) < 4.78 is -0.138. The molecule has 1 aromatic rings. The van der Waals surface area contributed by atoms with E-state index in [0.717, 1.165) is 12.8 Å². The average molecular weight is 192 g/mol. The van der Waals surface area contributed by atoms with E-state index < -0.39 is 0 Å². The van der Waals surface area contributed by atoms with Crippen molar-refractivity contribution in [3.05, 3.63) is 30.3 Å². The first-order chi connectivity index (χ1) is 6.21. The van der Waals surface area contributed by atoms with Crippen molar-refractivity contribution in [2.45, 2.75) is 29.4 Å². The Kier molecular flexibility index (Phi) is 2.16. The maximum Gasteiger partial charge on any atom is 0.149 e. The van der Waals surface area contributed by atoms with Crippen LogP contribution in [-0.4, -0.2) is 10.5 Å². The van der Waals surface area contributed by atoms with E-state index >= 15 is 0 Å². The van der Waals surface area contributed by atoms with Crippen LogP contribution >= 0.6 is 11.8 Å². The monoisotopic (exact) mass is 192 g/mol. The second-order valence-electron chi connectivity index (χ2n) is 3.57. The first-order valence-electron chi connectivity index (χ1n) is 4.48. The first kappa shape index (κ1) is 8.82. The van der Waals surface area contributed by atoms with Crippen molar-refractivity contribution >= 4 is 17.5 Å². The van der Waals surface area contributed by atoms with Crippen molar-refractivity contribution in [2.24, 2.45) is 0 Å². The highest BCUT2D eigenvalue weighted by atomic mass is 32.2. The van der Waals surface area contributed by atoms with E-state index in [1.54, 1.807) is 11.8 Å². The van der Waals surface area contributed by atoms with Crippen molar-refractivity contribution in [2.75, 3.05) is 0 Å². The maximum absolute atomic E-state index is 11.3. The lowest BCUT2D eigenvalue weighted by molar-refractivity contribution is -0.126. The Morgan fingerprint density at radius 3 is 2.46 bits per heavy atom. The zero-order valence-corrected chi connectivity index (χ0v) is 8.43. The van der Waals surface area contributed by atoms with Gasteiger partial charge in [0.2, 0.25) is 0 Å². The summed E-state index contributed by atoms with van der Waals surface area (Å²) in [6, 6.07) is 10.1. The highest BCUT2D eigenvalue weighted by molar-refractivity contribution is 8.01. The van der Waals surface area contributed by atoms with Gasteiger partial charge in [-0.05, 0) is 25.5 Å². The molecule has 2 heteroatoms. The van der Waals surface area contributed by atoms with Crippen molar-refractivity contribution < 1.29 is 4.79 Å². The fourth-order valence-corrected chi connectivity index (χ4v) is 2.67. The molecule has 0 saturated heterocycles. The summed E-state index contributed by atoms with van der Waals surface area (Å²) in [5.74, 6) is 0.390. The summed E-state index contributed by atoms with van der Waals surface area (Å²) >= 11 is 1.69.